The number of benzene rings is 1. The van der Waals surface area contributed by atoms with Gasteiger partial charge in [0.25, 0.3) is 5.62 Å². The van der Waals surface area contributed by atoms with Crippen LogP contribution in [0.25, 0.3) is 11.7 Å². The van der Waals surface area contributed by atoms with Crippen LogP contribution in [0.3, 0.4) is 0 Å². The second kappa shape index (κ2) is 8.17. The number of hydrogen-bond donors (Lipinski definition) is 4. The highest BCUT2D eigenvalue weighted by Crippen LogP contribution is 2.35. The van der Waals surface area contributed by atoms with E-state index in [1.807, 2.05) is 0 Å². The predicted octanol–water partition coefficient (Wildman–Crippen LogP) is 1.74. The molecule has 1 aliphatic carbocycles. The molecule has 0 unspecified atom stereocenters. The van der Waals surface area contributed by atoms with Crippen molar-refractivity contribution >= 4 is 29.3 Å². The van der Waals surface area contributed by atoms with Gasteiger partial charge in [-0.2, -0.15) is 32.8 Å². The Morgan fingerprint density at radius 1 is 1.29 bits per heavy atom. The number of aromatic nitrogens is 6. The standard InChI is InChI=1S/C20H16ClF3N8O2/c21-13-4-1-9(5-12(13)20(22,23)24)7-25-17-29-15-10(6-14-16(33)30-19(34)28-14)8-26-32(15)18(31-17)27-11-2-3-11/h1,4-6,8,11,33H,2-3,7H2,(H,25,27,31)(H2,28,30,34)/b10-6+. The maximum absolute atomic E-state index is 13.2. The minimum Gasteiger partial charge on any atom is -0.493 e. The molecule has 176 valence electrons. The first-order chi connectivity index (χ1) is 16.2. The lowest BCUT2D eigenvalue weighted by Crippen LogP contribution is -2.24. The van der Waals surface area contributed by atoms with Gasteiger partial charge in [0.2, 0.25) is 11.8 Å². The number of rotatable bonds is 5. The first-order valence-corrected chi connectivity index (χ1v) is 10.5. The molecule has 0 atom stereocenters. The molecule has 1 aliphatic rings. The number of nitrogens with one attached hydrogen (secondary N) is 3. The summed E-state index contributed by atoms with van der Waals surface area (Å²) in [4.78, 5) is 29.4. The summed E-state index contributed by atoms with van der Waals surface area (Å²) in [5, 5.41) is 17.1. The maximum Gasteiger partial charge on any atom is 0.417 e. The highest BCUT2D eigenvalue weighted by Gasteiger charge is 2.33. The molecule has 0 saturated heterocycles. The van der Waals surface area contributed by atoms with E-state index in [4.69, 9.17) is 11.6 Å². The molecular formula is C20H16ClF3N8O2. The molecule has 0 spiro atoms. The Labute approximate surface area is 192 Å². The van der Waals surface area contributed by atoms with Gasteiger partial charge < -0.3 is 15.4 Å². The van der Waals surface area contributed by atoms with E-state index in [2.05, 4.69) is 35.3 Å². The quantitative estimate of drug-likeness (QED) is 0.335. The highest BCUT2D eigenvalue weighted by atomic mass is 35.5. The monoisotopic (exact) mass is 492 g/mol. The summed E-state index contributed by atoms with van der Waals surface area (Å²) in [6, 6.07) is 3.74. The zero-order valence-corrected chi connectivity index (χ0v) is 17.9. The van der Waals surface area contributed by atoms with Gasteiger partial charge in [-0.15, -0.1) is 0 Å². The average Bonchev–Trinajstić information content (AvgIpc) is 3.40. The van der Waals surface area contributed by atoms with Gasteiger partial charge in [0.1, 0.15) is 5.69 Å². The van der Waals surface area contributed by atoms with Gasteiger partial charge in [-0.05, 0) is 36.6 Å². The molecule has 3 heterocycles. The van der Waals surface area contributed by atoms with Crippen molar-refractivity contribution in [2.75, 3.05) is 5.32 Å². The highest BCUT2D eigenvalue weighted by molar-refractivity contribution is 6.31. The molecule has 3 aromatic heterocycles. The Bertz CT molecular complexity index is 1570. The molecule has 4 N–H and O–H groups in total. The Balaban J connectivity index is 1.54. The van der Waals surface area contributed by atoms with Crippen molar-refractivity contribution in [1.82, 2.24) is 29.5 Å². The van der Waals surface area contributed by atoms with Gasteiger partial charge in [-0.3, -0.25) is 4.98 Å². The van der Waals surface area contributed by atoms with Crippen LogP contribution in [-0.2, 0) is 12.7 Å². The lowest BCUT2D eigenvalue weighted by Gasteiger charge is -2.11. The molecule has 14 heteroatoms. The van der Waals surface area contributed by atoms with Crippen LogP contribution in [-0.4, -0.2) is 40.7 Å². The van der Waals surface area contributed by atoms with Crippen molar-refractivity contribution in [3.05, 3.63) is 67.6 Å². The van der Waals surface area contributed by atoms with E-state index < -0.39 is 17.4 Å². The number of hydrogen-bond acceptors (Lipinski definition) is 7. The Kier molecular flexibility index (Phi) is 5.27. The van der Waals surface area contributed by atoms with Crippen LogP contribution in [0.4, 0.5) is 19.1 Å². The van der Waals surface area contributed by atoms with E-state index in [-0.39, 0.29) is 40.7 Å². The van der Waals surface area contributed by atoms with E-state index in [1.165, 1.54) is 28.9 Å². The summed E-state index contributed by atoms with van der Waals surface area (Å²) in [6.07, 6.45) is 0.198. The summed E-state index contributed by atoms with van der Waals surface area (Å²) in [5.41, 5.74) is -0.449. The van der Waals surface area contributed by atoms with Crippen LogP contribution in [0.1, 0.15) is 29.7 Å². The molecular weight excluding hydrogens is 477 g/mol. The zero-order valence-electron chi connectivity index (χ0n) is 17.2. The molecule has 0 radical (unpaired) electrons. The van der Waals surface area contributed by atoms with E-state index >= 15 is 0 Å². The first kappa shape index (κ1) is 21.9. The largest absolute Gasteiger partial charge is 0.493 e. The van der Waals surface area contributed by atoms with Crippen molar-refractivity contribution in [3.63, 3.8) is 0 Å². The maximum atomic E-state index is 13.2. The minimum atomic E-state index is -4.58. The lowest BCUT2D eigenvalue weighted by atomic mass is 10.1. The van der Waals surface area contributed by atoms with Gasteiger partial charge >= 0.3 is 11.9 Å². The average molecular weight is 493 g/mol. The van der Waals surface area contributed by atoms with Gasteiger partial charge in [0.15, 0.2) is 5.65 Å². The SMILES string of the molecule is O=c1[nH]c(O)c(/C=c2\cnn3c(=NC4CC4)nc(NCc4ccc(Cl)c(C(F)(F)F)c4)nc23)[nH]1. The number of aromatic hydroxyl groups is 1. The molecule has 10 nitrogen and oxygen atoms in total. The van der Waals surface area contributed by atoms with E-state index in [1.54, 1.807) is 0 Å². The van der Waals surface area contributed by atoms with E-state index in [0.717, 1.165) is 18.9 Å². The molecule has 4 aromatic rings. The Morgan fingerprint density at radius 2 is 2.09 bits per heavy atom. The third-order valence-corrected chi connectivity index (χ3v) is 5.37. The number of alkyl halides is 3. The summed E-state index contributed by atoms with van der Waals surface area (Å²) in [6.45, 7) is -0.00159. The first-order valence-electron chi connectivity index (χ1n) is 10.1. The summed E-state index contributed by atoms with van der Waals surface area (Å²) in [5.74, 6) is -0.222. The fraction of sp³-hybridized carbons (Fsp3) is 0.250. The molecule has 34 heavy (non-hydrogen) atoms. The van der Waals surface area contributed by atoms with Crippen LogP contribution < -0.4 is 21.8 Å². The lowest BCUT2D eigenvalue weighted by molar-refractivity contribution is -0.137. The van der Waals surface area contributed by atoms with Crippen molar-refractivity contribution < 1.29 is 18.3 Å². The number of imidazole rings is 1. The molecule has 0 amide bonds. The number of aromatic amines is 2. The second-order valence-corrected chi connectivity index (χ2v) is 8.10. The Hall–Kier alpha value is -3.87. The van der Waals surface area contributed by atoms with Gasteiger partial charge in [0, 0.05) is 11.8 Å². The number of halogens is 4. The summed E-state index contributed by atoms with van der Waals surface area (Å²) < 4.78 is 40.9. The number of H-pyrrole nitrogens is 2. The van der Waals surface area contributed by atoms with Gasteiger partial charge in [0.05, 0.1) is 22.8 Å². The predicted molar refractivity (Wildman–Crippen MR) is 115 cm³/mol. The van der Waals surface area contributed by atoms with Gasteiger partial charge in [-0.25, -0.2) is 9.79 Å². The number of fused-ring (bicyclic) bond motifs is 1. The van der Waals surface area contributed by atoms with E-state index in [9.17, 15) is 23.1 Å². The van der Waals surface area contributed by atoms with E-state index in [0.29, 0.717) is 16.4 Å². The third kappa shape index (κ3) is 4.46. The number of nitrogens with zero attached hydrogens (tertiary/aromatic N) is 5. The molecule has 0 aliphatic heterocycles. The summed E-state index contributed by atoms with van der Waals surface area (Å²) in [7, 11) is 0. The van der Waals surface area contributed by atoms with Crippen LogP contribution in [0.5, 0.6) is 5.88 Å². The van der Waals surface area contributed by atoms with Crippen molar-refractivity contribution in [2.24, 2.45) is 4.99 Å². The summed E-state index contributed by atoms with van der Waals surface area (Å²) >= 11 is 5.69. The molecule has 5 rings (SSSR count). The molecule has 1 saturated carbocycles. The van der Waals surface area contributed by atoms with Crippen molar-refractivity contribution in [2.45, 2.75) is 31.6 Å². The molecule has 1 aromatic carbocycles. The smallest absolute Gasteiger partial charge is 0.417 e. The van der Waals surface area contributed by atoms with Crippen LogP contribution in [0.15, 0.2) is 34.2 Å². The third-order valence-electron chi connectivity index (χ3n) is 5.05. The second-order valence-electron chi connectivity index (χ2n) is 7.69. The topological polar surface area (TPSA) is 136 Å². The fourth-order valence-electron chi connectivity index (χ4n) is 3.24. The molecule has 0 bridgehead atoms. The fourth-order valence-corrected chi connectivity index (χ4v) is 3.46. The Morgan fingerprint density at radius 3 is 2.76 bits per heavy atom. The molecule has 1 fully saturated rings. The minimum absolute atomic E-state index is 0.00159. The normalized spacial score (nSPS) is 15.4. The van der Waals surface area contributed by atoms with Crippen molar-refractivity contribution in [3.8, 4) is 5.88 Å². The number of anilines is 1. The van der Waals surface area contributed by atoms with Crippen LogP contribution in [0.2, 0.25) is 5.02 Å². The zero-order chi connectivity index (χ0) is 24.0. The van der Waals surface area contributed by atoms with Crippen LogP contribution >= 0.6 is 11.6 Å². The van der Waals surface area contributed by atoms with Crippen molar-refractivity contribution in [1.29, 1.82) is 0 Å². The van der Waals surface area contributed by atoms with Crippen LogP contribution in [0, 0.1) is 0 Å². The van der Waals surface area contributed by atoms with Gasteiger partial charge in [-0.1, -0.05) is 17.7 Å².